The van der Waals surface area contributed by atoms with E-state index in [4.69, 9.17) is 5.73 Å². The summed E-state index contributed by atoms with van der Waals surface area (Å²) in [5.41, 5.74) is 8.59. The van der Waals surface area contributed by atoms with Crippen molar-refractivity contribution >= 4 is 12.4 Å². The van der Waals surface area contributed by atoms with Gasteiger partial charge in [0.1, 0.15) is 0 Å². The van der Waals surface area contributed by atoms with Gasteiger partial charge in [-0.1, -0.05) is 45.0 Å². The number of aliphatic hydroxyl groups excluding tert-OH is 1. The Morgan fingerprint density at radius 3 is 2.06 bits per heavy atom. The first kappa shape index (κ1) is 15.5. The topological polar surface area (TPSA) is 46.2 Å². The summed E-state index contributed by atoms with van der Waals surface area (Å²) in [7, 11) is 0. The van der Waals surface area contributed by atoms with Gasteiger partial charge in [0.15, 0.2) is 0 Å². The highest BCUT2D eigenvalue weighted by Crippen LogP contribution is 2.37. The monoisotopic (exact) mass is 269 g/mol. The fourth-order valence-corrected chi connectivity index (χ4v) is 2.13. The summed E-state index contributed by atoms with van der Waals surface area (Å²) in [5.74, 6) is 0.423. The van der Waals surface area contributed by atoms with Crippen molar-refractivity contribution in [2.45, 2.75) is 51.2 Å². The Bertz CT molecular complexity index is 378. The Balaban J connectivity index is 0.00000162. The number of nitrogens with two attached hydrogens (primary N) is 1. The summed E-state index contributed by atoms with van der Waals surface area (Å²) >= 11 is 0. The van der Waals surface area contributed by atoms with E-state index in [-0.39, 0.29) is 30.0 Å². The minimum atomic E-state index is -0.379. The molecule has 0 bridgehead atoms. The number of hydrogen-bond donors (Lipinski definition) is 2. The van der Waals surface area contributed by atoms with Crippen molar-refractivity contribution in [2.75, 3.05) is 0 Å². The lowest BCUT2D eigenvalue weighted by molar-refractivity contribution is 0.122. The van der Waals surface area contributed by atoms with Crippen LogP contribution in [0.3, 0.4) is 0 Å². The zero-order chi connectivity index (χ0) is 12.6. The average Bonchev–Trinajstić information content (AvgIpc) is 3.10. The van der Waals surface area contributed by atoms with Gasteiger partial charge in [-0.15, -0.1) is 12.4 Å². The Labute approximate surface area is 116 Å². The SMILES string of the molecule is CC(C)(C)c1ccc([C@@H](N)[C@@H](O)C2CC2)cc1.Cl. The van der Waals surface area contributed by atoms with Crippen LogP contribution in [0.2, 0.25) is 0 Å². The van der Waals surface area contributed by atoms with Crippen molar-refractivity contribution in [3.05, 3.63) is 35.4 Å². The van der Waals surface area contributed by atoms with E-state index in [1.807, 2.05) is 0 Å². The molecule has 2 atom stereocenters. The molecular formula is C15H24ClNO. The molecule has 0 spiro atoms. The summed E-state index contributed by atoms with van der Waals surface area (Å²) in [6.45, 7) is 6.59. The van der Waals surface area contributed by atoms with E-state index in [0.717, 1.165) is 18.4 Å². The third kappa shape index (κ3) is 3.47. The van der Waals surface area contributed by atoms with Gasteiger partial charge in [0.05, 0.1) is 12.1 Å². The van der Waals surface area contributed by atoms with Gasteiger partial charge in [-0.3, -0.25) is 0 Å². The molecule has 2 nitrogen and oxygen atoms in total. The van der Waals surface area contributed by atoms with E-state index in [2.05, 4.69) is 45.0 Å². The Morgan fingerprint density at radius 2 is 1.67 bits per heavy atom. The standard InChI is InChI=1S/C15H23NO.ClH/c1-15(2,3)12-8-6-10(7-9-12)13(16)14(17)11-4-5-11;/h6-9,11,13-14,17H,4-5,16H2,1-3H3;1H/t13-,14+;/m1./s1. The second kappa shape index (κ2) is 5.60. The highest BCUT2D eigenvalue weighted by Gasteiger charge is 2.34. The van der Waals surface area contributed by atoms with Crippen LogP contribution in [0.15, 0.2) is 24.3 Å². The molecule has 0 saturated heterocycles. The van der Waals surface area contributed by atoms with Gasteiger partial charge < -0.3 is 10.8 Å². The second-order valence-electron chi connectivity index (χ2n) is 6.23. The lowest BCUT2D eigenvalue weighted by atomic mass is 9.86. The highest BCUT2D eigenvalue weighted by molar-refractivity contribution is 5.85. The largest absolute Gasteiger partial charge is 0.391 e. The second-order valence-corrected chi connectivity index (χ2v) is 6.23. The normalized spacial score (nSPS) is 18.9. The van der Waals surface area contributed by atoms with E-state index < -0.39 is 0 Å². The molecule has 0 amide bonds. The molecule has 1 saturated carbocycles. The summed E-state index contributed by atoms with van der Waals surface area (Å²) in [5, 5.41) is 10.0. The molecule has 1 aliphatic carbocycles. The van der Waals surface area contributed by atoms with Crippen LogP contribution in [-0.2, 0) is 5.41 Å². The molecule has 2 rings (SSSR count). The van der Waals surface area contributed by atoms with E-state index in [9.17, 15) is 5.11 Å². The quantitative estimate of drug-likeness (QED) is 0.885. The number of aliphatic hydroxyl groups is 1. The highest BCUT2D eigenvalue weighted by atomic mass is 35.5. The molecule has 102 valence electrons. The first-order valence-corrected chi connectivity index (χ1v) is 6.43. The fraction of sp³-hybridized carbons (Fsp3) is 0.600. The van der Waals surface area contributed by atoms with Gasteiger partial charge in [-0.05, 0) is 35.3 Å². The summed E-state index contributed by atoms with van der Waals surface area (Å²) in [6, 6.07) is 8.11. The average molecular weight is 270 g/mol. The number of benzene rings is 1. The van der Waals surface area contributed by atoms with Gasteiger partial charge in [-0.2, -0.15) is 0 Å². The van der Waals surface area contributed by atoms with Gasteiger partial charge in [0.2, 0.25) is 0 Å². The summed E-state index contributed by atoms with van der Waals surface area (Å²) in [6.07, 6.45) is 1.86. The van der Waals surface area contributed by atoms with E-state index in [0.29, 0.717) is 5.92 Å². The summed E-state index contributed by atoms with van der Waals surface area (Å²) < 4.78 is 0. The number of hydrogen-bond acceptors (Lipinski definition) is 2. The molecular weight excluding hydrogens is 246 g/mol. The Morgan fingerprint density at radius 1 is 1.17 bits per heavy atom. The maximum atomic E-state index is 10.0. The first-order chi connectivity index (χ1) is 7.89. The van der Waals surface area contributed by atoms with Gasteiger partial charge in [-0.25, -0.2) is 0 Å². The zero-order valence-electron chi connectivity index (χ0n) is 11.4. The van der Waals surface area contributed by atoms with Crippen LogP contribution in [0, 0.1) is 5.92 Å². The molecule has 0 heterocycles. The third-order valence-corrected chi connectivity index (χ3v) is 3.63. The van der Waals surface area contributed by atoms with Crippen molar-refractivity contribution in [2.24, 2.45) is 11.7 Å². The maximum Gasteiger partial charge on any atom is 0.0760 e. The molecule has 1 fully saturated rings. The van der Waals surface area contributed by atoms with Crippen LogP contribution < -0.4 is 5.73 Å². The van der Waals surface area contributed by atoms with Crippen molar-refractivity contribution < 1.29 is 5.11 Å². The van der Waals surface area contributed by atoms with Crippen LogP contribution in [0.5, 0.6) is 0 Å². The first-order valence-electron chi connectivity index (χ1n) is 6.43. The predicted molar refractivity (Wildman–Crippen MR) is 78.0 cm³/mol. The zero-order valence-corrected chi connectivity index (χ0v) is 12.2. The lowest BCUT2D eigenvalue weighted by Crippen LogP contribution is -2.28. The van der Waals surface area contributed by atoms with Crippen LogP contribution in [0.1, 0.15) is 50.8 Å². The number of halogens is 1. The van der Waals surface area contributed by atoms with Crippen LogP contribution in [0.4, 0.5) is 0 Å². The van der Waals surface area contributed by atoms with Crippen molar-refractivity contribution in [3.8, 4) is 0 Å². The minimum Gasteiger partial charge on any atom is -0.391 e. The molecule has 3 heteroatoms. The van der Waals surface area contributed by atoms with Crippen molar-refractivity contribution in [1.82, 2.24) is 0 Å². The molecule has 3 N–H and O–H groups in total. The van der Waals surface area contributed by atoms with E-state index in [1.165, 1.54) is 5.56 Å². The van der Waals surface area contributed by atoms with Crippen LogP contribution in [-0.4, -0.2) is 11.2 Å². The van der Waals surface area contributed by atoms with Crippen LogP contribution in [0.25, 0.3) is 0 Å². The lowest BCUT2D eigenvalue weighted by Gasteiger charge is -2.22. The maximum absolute atomic E-state index is 10.0. The minimum absolute atomic E-state index is 0. The molecule has 0 radical (unpaired) electrons. The Hall–Kier alpha value is -0.570. The summed E-state index contributed by atoms with van der Waals surface area (Å²) in [4.78, 5) is 0. The molecule has 0 aliphatic heterocycles. The van der Waals surface area contributed by atoms with E-state index in [1.54, 1.807) is 0 Å². The van der Waals surface area contributed by atoms with Gasteiger partial charge in [0, 0.05) is 0 Å². The van der Waals surface area contributed by atoms with Gasteiger partial charge in [0.25, 0.3) is 0 Å². The van der Waals surface area contributed by atoms with Crippen molar-refractivity contribution in [1.29, 1.82) is 0 Å². The molecule has 0 unspecified atom stereocenters. The molecule has 1 aliphatic rings. The molecule has 18 heavy (non-hydrogen) atoms. The van der Waals surface area contributed by atoms with Crippen LogP contribution >= 0.6 is 12.4 Å². The molecule has 1 aromatic rings. The third-order valence-electron chi connectivity index (χ3n) is 3.63. The Kier molecular flexibility index (Phi) is 4.82. The van der Waals surface area contributed by atoms with Gasteiger partial charge >= 0.3 is 0 Å². The van der Waals surface area contributed by atoms with Crippen molar-refractivity contribution in [3.63, 3.8) is 0 Å². The smallest absolute Gasteiger partial charge is 0.0760 e. The predicted octanol–water partition coefficient (Wildman–Crippen LogP) is 3.18. The van der Waals surface area contributed by atoms with E-state index >= 15 is 0 Å². The fourth-order valence-electron chi connectivity index (χ4n) is 2.13. The molecule has 0 aromatic heterocycles. The molecule has 1 aromatic carbocycles. The number of rotatable bonds is 3.